The molecule has 1 fully saturated rings. The average molecular weight is 447 g/mol. The first-order chi connectivity index (χ1) is 16.0. The van der Waals surface area contributed by atoms with Crippen molar-refractivity contribution in [3.05, 3.63) is 66.0 Å². The third-order valence-corrected chi connectivity index (χ3v) is 6.16. The second-order valence-electron chi connectivity index (χ2n) is 8.61. The summed E-state index contributed by atoms with van der Waals surface area (Å²) in [4.78, 5) is 27.1. The van der Waals surface area contributed by atoms with Crippen molar-refractivity contribution in [2.24, 2.45) is 5.92 Å². The van der Waals surface area contributed by atoms with Gasteiger partial charge in [0, 0.05) is 24.8 Å². The average Bonchev–Trinajstić information content (AvgIpc) is 3.42. The van der Waals surface area contributed by atoms with Crippen molar-refractivity contribution < 1.29 is 19.1 Å². The summed E-state index contributed by atoms with van der Waals surface area (Å²) in [7, 11) is 0. The Morgan fingerprint density at radius 3 is 2.79 bits per heavy atom. The number of benzene rings is 2. The van der Waals surface area contributed by atoms with Crippen LogP contribution in [0.3, 0.4) is 0 Å². The van der Waals surface area contributed by atoms with E-state index in [4.69, 9.17) is 9.47 Å². The van der Waals surface area contributed by atoms with E-state index in [1.54, 1.807) is 22.0 Å². The Morgan fingerprint density at radius 1 is 1.15 bits per heavy atom. The molecule has 8 nitrogen and oxygen atoms in total. The van der Waals surface area contributed by atoms with E-state index in [9.17, 15) is 9.59 Å². The van der Waals surface area contributed by atoms with Crippen molar-refractivity contribution in [3.63, 3.8) is 0 Å². The number of hydrogen-bond acceptors (Lipinski definition) is 5. The Bertz CT molecular complexity index is 1200. The fourth-order valence-electron chi connectivity index (χ4n) is 4.16. The minimum atomic E-state index is -0.408. The highest BCUT2D eigenvalue weighted by molar-refractivity contribution is 6.03. The van der Waals surface area contributed by atoms with E-state index in [0.717, 1.165) is 17.0 Å². The Hall–Kier alpha value is -3.81. The minimum absolute atomic E-state index is 0.0381. The topological polar surface area (TPSA) is 85.7 Å². The summed E-state index contributed by atoms with van der Waals surface area (Å²) in [5.74, 6) is 0.829. The molecule has 1 N–H and O–H groups in total. The van der Waals surface area contributed by atoms with Crippen LogP contribution in [0.15, 0.2) is 54.9 Å². The standard InChI is InChI=1S/C25H26N4O4/c1-16-7-8-20(9-17(16)2)29-12-18(10-24(29)30)25(31)27-19-11-26-28(13-19)14-21-15-32-22-5-3-4-6-23(22)33-21/h3-9,11,13,18,21H,10,12,14-15H2,1-2H3,(H,27,31). The molecule has 2 aliphatic heterocycles. The van der Waals surface area contributed by atoms with Gasteiger partial charge in [0.15, 0.2) is 17.6 Å². The number of rotatable bonds is 5. The van der Waals surface area contributed by atoms with Gasteiger partial charge < -0.3 is 19.7 Å². The number of hydrogen-bond donors (Lipinski definition) is 1. The molecule has 0 bridgehead atoms. The Morgan fingerprint density at radius 2 is 1.97 bits per heavy atom. The van der Waals surface area contributed by atoms with Crippen LogP contribution < -0.4 is 19.7 Å². The van der Waals surface area contributed by atoms with Gasteiger partial charge in [0.05, 0.1) is 24.3 Å². The van der Waals surface area contributed by atoms with E-state index in [1.165, 1.54) is 5.56 Å². The van der Waals surface area contributed by atoms with Gasteiger partial charge in [0.1, 0.15) is 6.61 Å². The lowest BCUT2D eigenvalue weighted by molar-refractivity contribution is -0.122. The van der Waals surface area contributed by atoms with Gasteiger partial charge in [-0.3, -0.25) is 14.3 Å². The highest BCUT2D eigenvalue weighted by Crippen LogP contribution is 2.31. The summed E-state index contributed by atoms with van der Waals surface area (Å²) in [6.45, 7) is 5.34. The van der Waals surface area contributed by atoms with Crippen LogP contribution in [0, 0.1) is 19.8 Å². The zero-order chi connectivity index (χ0) is 22.9. The van der Waals surface area contributed by atoms with Crippen LogP contribution in [0.25, 0.3) is 0 Å². The number of aryl methyl sites for hydroxylation is 2. The molecule has 170 valence electrons. The quantitative estimate of drug-likeness (QED) is 0.650. The molecule has 0 aliphatic carbocycles. The van der Waals surface area contributed by atoms with Gasteiger partial charge in [-0.15, -0.1) is 0 Å². The number of para-hydroxylation sites is 2. The monoisotopic (exact) mass is 446 g/mol. The lowest BCUT2D eigenvalue weighted by atomic mass is 10.1. The maximum atomic E-state index is 12.8. The SMILES string of the molecule is Cc1ccc(N2CC(C(=O)Nc3cnn(CC4COc5ccccc5O4)c3)CC2=O)cc1C. The Kier molecular flexibility index (Phi) is 5.50. The normalized spacial score (nSPS) is 19.6. The molecule has 33 heavy (non-hydrogen) atoms. The van der Waals surface area contributed by atoms with Crippen molar-refractivity contribution in [2.75, 3.05) is 23.4 Å². The van der Waals surface area contributed by atoms with Gasteiger partial charge in [-0.1, -0.05) is 18.2 Å². The Balaban J connectivity index is 1.18. The van der Waals surface area contributed by atoms with Crippen LogP contribution in [0.1, 0.15) is 17.5 Å². The molecular formula is C25H26N4O4. The van der Waals surface area contributed by atoms with Crippen LogP contribution in [-0.4, -0.2) is 40.9 Å². The molecule has 2 aromatic carbocycles. The van der Waals surface area contributed by atoms with Crippen LogP contribution >= 0.6 is 0 Å². The van der Waals surface area contributed by atoms with E-state index in [1.807, 2.05) is 56.3 Å². The number of fused-ring (bicyclic) bond motifs is 1. The maximum Gasteiger partial charge on any atom is 0.229 e. The largest absolute Gasteiger partial charge is 0.486 e. The van der Waals surface area contributed by atoms with E-state index < -0.39 is 5.92 Å². The van der Waals surface area contributed by atoms with E-state index in [2.05, 4.69) is 10.4 Å². The summed E-state index contributed by atoms with van der Waals surface area (Å²) >= 11 is 0. The molecule has 2 amide bonds. The fourth-order valence-corrected chi connectivity index (χ4v) is 4.16. The smallest absolute Gasteiger partial charge is 0.229 e. The number of aromatic nitrogens is 2. The molecule has 1 aromatic heterocycles. The molecule has 0 radical (unpaired) electrons. The summed E-state index contributed by atoms with van der Waals surface area (Å²) in [5.41, 5.74) is 3.72. The van der Waals surface area contributed by atoms with E-state index in [-0.39, 0.29) is 24.3 Å². The number of carbonyl (C=O) groups is 2. The molecule has 5 rings (SSSR count). The lowest BCUT2D eigenvalue weighted by Gasteiger charge is -2.26. The molecular weight excluding hydrogens is 420 g/mol. The first-order valence-corrected chi connectivity index (χ1v) is 11.1. The molecule has 8 heteroatoms. The highest BCUT2D eigenvalue weighted by Gasteiger charge is 2.35. The number of carbonyl (C=O) groups excluding carboxylic acids is 2. The summed E-state index contributed by atoms with van der Waals surface area (Å²) in [5, 5.41) is 7.23. The third-order valence-electron chi connectivity index (χ3n) is 6.16. The molecule has 3 heterocycles. The zero-order valence-corrected chi connectivity index (χ0v) is 18.7. The minimum Gasteiger partial charge on any atom is -0.486 e. The summed E-state index contributed by atoms with van der Waals surface area (Å²) in [6, 6.07) is 13.5. The van der Waals surface area contributed by atoms with Gasteiger partial charge in [-0.2, -0.15) is 5.10 Å². The van der Waals surface area contributed by atoms with Crippen LogP contribution in [0.5, 0.6) is 11.5 Å². The molecule has 2 unspecified atom stereocenters. The van der Waals surface area contributed by atoms with Crippen LogP contribution in [0.2, 0.25) is 0 Å². The van der Waals surface area contributed by atoms with Crippen molar-refractivity contribution in [1.82, 2.24) is 9.78 Å². The van der Waals surface area contributed by atoms with Gasteiger partial charge in [0.2, 0.25) is 11.8 Å². The Labute approximate surface area is 192 Å². The zero-order valence-electron chi connectivity index (χ0n) is 18.7. The third kappa shape index (κ3) is 4.41. The van der Waals surface area contributed by atoms with Crippen molar-refractivity contribution in [3.8, 4) is 11.5 Å². The predicted molar refractivity (Wildman–Crippen MR) is 124 cm³/mol. The van der Waals surface area contributed by atoms with Crippen molar-refractivity contribution in [2.45, 2.75) is 32.9 Å². The molecule has 1 saturated heterocycles. The molecule has 2 aliphatic rings. The summed E-state index contributed by atoms with van der Waals surface area (Å²) < 4.78 is 13.4. The number of amides is 2. The highest BCUT2D eigenvalue weighted by atomic mass is 16.6. The van der Waals surface area contributed by atoms with Crippen LogP contribution in [-0.2, 0) is 16.1 Å². The van der Waals surface area contributed by atoms with Gasteiger partial charge in [0.25, 0.3) is 0 Å². The molecule has 0 saturated carbocycles. The van der Waals surface area contributed by atoms with Crippen molar-refractivity contribution in [1.29, 1.82) is 0 Å². The number of nitrogens with zero attached hydrogens (tertiary/aromatic N) is 3. The summed E-state index contributed by atoms with van der Waals surface area (Å²) in [6.07, 6.45) is 3.38. The second-order valence-corrected chi connectivity index (χ2v) is 8.61. The number of ether oxygens (including phenoxy) is 2. The van der Waals surface area contributed by atoms with Gasteiger partial charge >= 0.3 is 0 Å². The lowest BCUT2D eigenvalue weighted by Crippen LogP contribution is -2.33. The number of nitrogens with one attached hydrogen (secondary N) is 1. The van der Waals surface area contributed by atoms with Gasteiger partial charge in [-0.05, 0) is 49.2 Å². The predicted octanol–water partition coefficient (Wildman–Crippen LogP) is 3.33. The molecule has 0 spiro atoms. The van der Waals surface area contributed by atoms with Gasteiger partial charge in [-0.25, -0.2) is 0 Å². The first kappa shape index (κ1) is 21.1. The fraction of sp³-hybridized carbons (Fsp3) is 0.320. The first-order valence-electron chi connectivity index (χ1n) is 11.1. The van der Waals surface area contributed by atoms with Crippen LogP contribution in [0.4, 0.5) is 11.4 Å². The molecule has 3 aromatic rings. The van der Waals surface area contributed by atoms with E-state index in [0.29, 0.717) is 31.1 Å². The molecule has 2 atom stereocenters. The van der Waals surface area contributed by atoms with E-state index >= 15 is 0 Å². The maximum absolute atomic E-state index is 12.8. The second kappa shape index (κ2) is 8.61. The number of anilines is 2. The van der Waals surface area contributed by atoms with Crippen molar-refractivity contribution >= 4 is 23.2 Å².